The summed E-state index contributed by atoms with van der Waals surface area (Å²) in [5, 5.41) is 15.0. The molecule has 0 saturated heterocycles. The van der Waals surface area contributed by atoms with Crippen LogP contribution in [-0.2, 0) is 17.6 Å². The van der Waals surface area contributed by atoms with Gasteiger partial charge in [-0.1, -0.05) is 23.4 Å². The van der Waals surface area contributed by atoms with Gasteiger partial charge < -0.3 is 14.2 Å². The fraction of sp³-hybridized carbons (Fsp3) is 0.200. The van der Waals surface area contributed by atoms with Gasteiger partial charge in [0, 0.05) is 30.3 Å². The van der Waals surface area contributed by atoms with Crippen LogP contribution in [0.3, 0.4) is 0 Å². The van der Waals surface area contributed by atoms with Gasteiger partial charge in [-0.25, -0.2) is 0 Å². The van der Waals surface area contributed by atoms with Gasteiger partial charge in [0.05, 0.1) is 29.8 Å². The molecule has 142 valence electrons. The Kier molecular flexibility index (Phi) is 4.52. The van der Waals surface area contributed by atoms with E-state index in [0.717, 1.165) is 11.1 Å². The number of rotatable bonds is 5. The van der Waals surface area contributed by atoms with Crippen LogP contribution < -0.4 is 9.64 Å². The molecule has 0 unspecified atom stereocenters. The van der Waals surface area contributed by atoms with Crippen LogP contribution in [0.25, 0.3) is 11.3 Å². The number of carbonyl (C=O) groups excluding carboxylic acids is 1. The summed E-state index contributed by atoms with van der Waals surface area (Å²) in [6, 6.07) is 13.7. The van der Waals surface area contributed by atoms with Crippen molar-refractivity contribution in [2.45, 2.75) is 12.8 Å². The minimum absolute atomic E-state index is 0.0276. The lowest BCUT2D eigenvalue weighted by molar-refractivity contribution is -0.384. The van der Waals surface area contributed by atoms with E-state index in [0.29, 0.717) is 35.9 Å². The zero-order valence-electron chi connectivity index (χ0n) is 15.1. The van der Waals surface area contributed by atoms with Crippen LogP contribution in [-0.4, -0.2) is 29.6 Å². The summed E-state index contributed by atoms with van der Waals surface area (Å²) in [6.45, 7) is 0.496. The van der Waals surface area contributed by atoms with Gasteiger partial charge in [0.25, 0.3) is 5.69 Å². The molecular weight excluding hydrogens is 362 g/mol. The van der Waals surface area contributed by atoms with E-state index in [2.05, 4.69) is 5.16 Å². The maximum Gasteiger partial charge on any atom is 0.271 e. The van der Waals surface area contributed by atoms with Crippen LogP contribution in [0.4, 0.5) is 11.4 Å². The summed E-state index contributed by atoms with van der Waals surface area (Å²) in [5.74, 6) is 1.06. The van der Waals surface area contributed by atoms with E-state index in [1.807, 2.05) is 24.3 Å². The lowest BCUT2D eigenvalue weighted by Crippen LogP contribution is -2.30. The van der Waals surface area contributed by atoms with Crippen molar-refractivity contribution in [1.29, 1.82) is 0 Å². The van der Waals surface area contributed by atoms with E-state index in [-0.39, 0.29) is 18.0 Å². The fourth-order valence-corrected chi connectivity index (χ4v) is 3.30. The number of carbonyl (C=O) groups is 1. The maximum atomic E-state index is 12.8. The van der Waals surface area contributed by atoms with Gasteiger partial charge in [-0.05, 0) is 24.1 Å². The van der Waals surface area contributed by atoms with Crippen LogP contribution in [0.5, 0.6) is 5.75 Å². The predicted molar refractivity (Wildman–Crippen MR) is 101 cm³/mol. The minimum atomic E-state index is -0.459. The molecule has 8 heteroatoms. The molecule has 0 fully saturated rings. The third kappa shape index (κ3) is 3.32. The van der Waals surface area contributed by atoms with Crippen LogP contribution in [0.1, 0.15) is 11.3 Å². The molecule has 1 aromatic heterocycles. The topological polar surface area (TPSA) is 98.7 Å². The molecule has 1 aliphatic heterocycles. The van der Waals surface area contributed by atoms with Crippen molar-refractivity contribution in [3.05, 3.63) is 69.9 Å². The molecule has 0 N–H and O–H groups in total. The number of amides is 1. The lowest BCUT2D eigenvalue weighted by atomic mass is 10.1. The number of non-ortho nitro benzene ring substituents is 1. The molecule has 8 nitrogen and oxygen atoms in total. The summed E-state index contributed by atoms with van der Waals surface area (Å²) in [7, 11) is 1.59. The summed E-state index contributed by atoms with van der Waals surface area (Å²) < 4.78 is 10.6. The second-order valence-electron chi connectivity index (χ2n) is 6.46. The molecule has 1 aliphatic rings. The number of hydrogen-bond acceptors (Lipinski definition) is 6. The van der Waals surface area contributed by atoms with Gasteiger partial charge in [-0.2, -0.15) is 0 Å². The van der Waals surface area contributed by atoms with E-state index in [4.69, 9.17) is 9.26 Å². The summed E-state index contributed by atoms with van der Waals surface area (Å²) in [4.78, 5) is 24.9. The normalized spacial score (nSPS) is 12.7. The van der Waals surface area contributed by atoms with Crippen molar-refractivity contribution in [3.8, 4) is 17.1 Å². The number of ether oxygens (including phenoxy) is 1. The number of anilines is 1. The number of nitro benzene ring substituents is 1. The van der Waals surface area contributed by atoms with Crippen LogP contribution in [0, 0.1) is 10.1 Å². The smallest absolute Gasteiger partial charge is 0.271 e. The third-order valence-corrected chi connectivity index (χ3v) is 4.72. The Labute approximate surface area is 160 Å². The molecule has 28 heavy (non-hydrogen) atoms. The first-order chi connectivity index (χ1) is 13.5. The molecule has 1 amide bonds. The summed E-state index contributed by atoms with van der Waals surface area (Å²) >= 11 is 0. The average Bonchev–Trinajstić information content (AvgIpc) is 3.34. The highest BCUT2D eigenvalue weighted by molar-refractivity contribution is 5.97. The molecule has 2 aromatic carbocycles. The number of nitrogens with zero attached hydrogens (tertiary/aromatic N) is 3. The fourth-order valence-electron chi connectivity index (χ4n) is 3.30. The van der Waals surface area contributed by atoms with Crippen LogP contribution >= 0.6 is 0 Å². The standard InChI is InChI=1S/C20H17N3O5/c1-27-17-4-2-3-14(9-17)19-10-15(21-28-19)11-20(24)22-8-7-13-5-6-16(23(25)26)12-18(13)22/h2-6,9-10,12H,7-8,11H2,1H3. The molecule has 4 rings (SSSR count). The van der Waals surface area contributed by atoms with E-state index in [9.17, 15) is 14.9 Å². The van der Waals surface area contributed by atoms with Crippen molar-refractivity contribution in [3.63, 3.8) is 0 Å². The number of benzene rings is 2. The largest absolute Gasteiger partial charge is 0.497 e. The molecule has 0 atom stereocenters. The Hall–Kier alpha value is -3.68. The highest BCUT2D eigenvalue weighted by atomic mass is 16.6. The molecule has 0 aliphatic carbocycles. The van der Waals surface area contributed by atoms with E-state index in [1.165, 1.54) is 12.1 Å². The highest BCUT2D eigenvalue weighted by Crippen LogP contribution is 2.32. The van der Waals surface area contributed by atoms with E-state index < -0.39 is 4.92 Å². The number of fused-ring (bicyclic) bond motifs is 1. The van der Waals surface area contributed by atoms with Gasteiger partial charge in [0.1, 0.15) is 5.75 Å². The number of methoxy groups -OCH3 is 1. The van der Waals surface area contributed by atoms with Crippen LogP contribution in [0.15, 0.2) is 53.1 Å². The van der Waals surface area contributed by atoms with Gasteiger partial charge in [0.2, 0.25) is 5.91 Å². The Morgan fingerprint density at radius 2 is 2.14 bits per heavy atom. The zero-order chi connectivity index (χ0) is 19.7. The van der Waals surface area contributed by atoms with E-state index in [1.54, 1.807) is 24.1 Å². The summed E-state index contributed by atoms with van der Waals surface area (Å²) in [5.41, 5.74) is 2.79. The second kappa shape index (κ2) is 7.15. The van der Waals surface area contributed by atoms with Gasteiger partial charge in [-0.3, -0.25) is 14.9 Å². The Morgan fingerprint density at radius 1 is 1.29 bits per heavy atom. The number of hydrogen-bond donors (Lipinski definition) is 0. The van der Waals surface area contributed by atoms with Crippen molar-refractivity contribution in [2.75, 3.05) is 18.6 Å². The van der Waals surface area contributed by atoms with Crippen LogP contribution in [0.2, 0.25) is 0 Å². The monoisotopic (exact) mass is 379 g/mol. The van der Waals surface area contributed by atoms with E-state index >= 15 is 0 Å². The molecular formula is C20H17N3O5. The second-order valence-corrected chi connectivity index (χ2v) is 6.46. The Balaban J connectivity index is 1.52. The maximum absolute atomic E-state index is 12.8. The van der Waals surface area contributed by atoms with Crippen molar-refractivity contribution < 1.29 is 19.0 Å². The Bertz CT molecular complexity index is 1060. The predicted octanol–water partition coefficient (Wildman–Crippen LogP) is 3.39. The first-order valence-corrected chi connectivity index (χ1v) is 8.73. The number of nitro groups is 1. The average molecular weight is 379 g/mol. The first-order valence-electron chi connectivity index (χ1n) is 8.73. The molecule has 0 spiro atoms. The SMILES string of the molecule is COc1cccc(-c2cc(CC(=O)N3CCc4ccc([N+](=O)[O-])cc43)no2)c1. The first kappa shape index (κ1) is 17.7. The summed E-state index contributed by atoms with van der Waals surface area (Å²) in [6.07, 6.45) is 0.725. The molecule has 0 radical (unpaired) electrons. The van der Waals surface area contributed by atoms with Crippen molar-refractivity contribution in [1.82, 2.24) is 5.16 Å². The molecule has 2 heterocycles. The lowest BCUT2D eigenvalue weighted by Gasteiger charge is -2.16. The molecule has 0 bridgehead atoms. The van der Waals surface area contributed by atoms with Crippen molar-refractivity contribution >= 4 is 17.3 Å². The third-order valence-electron chi connectivity index (χ3n) is 4.72. The number of aromatic nitrogens is 1. The molecule has 0 saturated carbocycles. The van der Waals surface area contributed by atoms with Gasteiger partial charge >= 0.3 is 0 Å². The van der Waals surface area contributed by atoms with Crippen molar-refractivity contribution in [2.24, 2.45) is 0 Å². The van der Waals surface area contributed by atoms with Gasteiger partial charge in [-0.15, -0.1) is 0 Å². The molecule has 3 aromatic rings. The quantitative estimate of drug-likeness (QED) is 0.498. The zero-order valence-corrected chi connectivity index (χ0v) is 15.1. The minimum Gasteiger partial charge on any atom is -0.497 e. The Morgan fingerprint density at radius 3 is 2.93 bits per heavy atom. The highest BCUT2D eigenvalue weighted by Gasteiger charge is 2.27. The van der Waals surface area contributed by atoms with Gasteiger partial charge in [0.15, 0.2) is 5.76 Å².